The molecule has 2 N–H and O–H groups in total. The minimum absolute atomic E-state index is 0. The standard InChI is InChI=1S/C19H29N7O.3ClH/c1-4-25-7-9-26(10-8-25)17-6-5-15(11-21-17)12-22-19(27)18(20-2)16-13-23-24(3)14-16;;;/h5-6,11,13-14,18,20H,4,7-10,12H2,1-3H3,(H,22,27);3*1H. The fourth-order valence-corrected chi connectivity index (χ4v) is 3.33. The number of amides is 1. The first-order chi connectivity index (χ1) is 13.1. The Morgan fingerprint density at radius 1 is 1.13 bits per heavy atom. The molecule has 3 heterocycles. The highest BCUT2D eigenvalue weighted by molar-refractivity contribution is 5.86. The van der Waals surface area contributed by atoms with Crippen LogP contribution in [0.5, 0.6) is 0 Å². The van der Waals surface area contributed by atoms with Crippen molar-refractivity contribution in [1.82, 2.24) is 30.3 Å². The highest BCUT2D eigenvalue weighted by Gasteiger charge is 2.20. The van der Waals surface area contributed by atoms with Crippen molar-refractivity contribution >= 4 is 48.9 Å². The molecule has 1 saturated heterocycles. The lowest BCUT2D eigenvalue weighted by Crippen LogP contribution is -2.46. The van der Waals surface area contributed by atoms with Gasteiger partial charge in [-0.15, -0.1) is 37.2 Å². The maximum absolute atomic E-state index is 12.5. The van der Waals surface area contributed by atoms with E-state index in [0.29, 0.717) is 6.54 Å². The summed E-state index contributed by atoms with van der Waals surface area (Å²) in [7, 11) is 3.61. The summed E-state index contributed by atoms with van der Waals surface area (Å²) in [5.41, 5.74) is 1.83. The molecule has 8 nitrogen and oxygen atoms in total. The van der Waals surface area contributed by atoms with Gasteiger partial charge in [-0.05, 0) is 25.2 Å². The fourth-order valence-electron chi connectivity index (χ4n) is 3.33. The lowest BCUT2D eigenvalue weighted by Gasteiger charge is -2.34. The summed E-state index contributed by atoms with van der Waals surface area (Å²) in [5.74, 6) is 0.926. The number of rotatable bonds is 7. The highest BCUT2D eigenvalue weighted by atomic mass is 35.5. The van der Waals surface area contributed by atoms with E-state index in [9.17, 15) is 4.79 Å². The van der Waals surface area contributed by atoms with Crippen molar-refractivity contribution in [2.75, 3.05) is 44.7 Å². The Labute approximate surface area is 197 Å². The van der Waals surface area contributed by atoms with Crippen molar-refractivity contribution in [2.24, 2.45) is 7.05 Å². The predicted molar refractivity (Wildman–Crippen MR) is 127 cm³/mol. The molecule has 30 heavy (non-hydrogen) atoms. The number of anilines is 1. The van der Waals surface area contributed by atoms with Crippen molar-refractivity contribution < 1.29 is 4.79 Å². The van der Waals surface area contributed by atoms with E-state index in [-0.39, 0.29) is 43.1 Å². The third-order valence-electron chi connectivity index (χ3n) is 5.03. The molecule has 1 amide bonds. The first kappa shape index (κ1) is 28.4. The maximum atomic E-state index is 12.5. The summed E-state index contributed by atoms with van der Waals surface area (Å²) in [6.07, 6.45) is 5.39. The van der Waals surface area contributed by atoms with Gasteiger partial charge in [-0.1, -0.05) is 13.0 Å². The number of nitrogens with one attached hydrogen (secondary N) is 2. The van der Waals surface area contributed by atoms with Crippen LogP contribution in [0.1, 0.15) is 24.1 Å². The van der Waals surface area contributed by atoms with Crippen molar-refractivity contribution in [1.29, 1.82) is 0 Å². The number of piperazine rings is 1. The summed E-state index contributed by atoms with van der Waals surface area (Å²) in [4.78, 5) is 21.8. The average molecular weight is 481 g/mol. The third kappa shape index (κ3) is 7.28. The van der Waals surface area contributed by atoms with Crippen LogP contribution in [-0.4, -0.2) is 65.3 Å². The number of pyridine rings is 1. The van der Waals surface area contributed by atoms with Crippen LogP contribution < -0.4 is 15.5 Å². The molecule has 170 valence electrons. The average Bonchev–Trinajstić information content (AvgIpc) is 3.13. The van der Waals surface area contributed by atoms with Crippen molar-refractivity contribution in [3.8, 4) is 0 Å². The molecule has 2 aromatic heterocycles. The molecule has 1 unspecified atom stereocenters. The first-order valence-corrected chi connectivity index (χ1v) is 9.46. The van der Waals surface area contributed by atoms with Gasteiger partial charge in [-0.2, -0.15) is 5.10 Å². The van der Waals surface area contributed by atoms with Crippen LogP contribution in [0.25, 0.3) is 0 Å². The Balaban J connectivity index is 0.00000280. The van der Waals surface area contributed by atoms with Gasteiger partial charge in [0.1, 0.15) is 11.9 Å². The highest BCUT2D eigenvalue weighted by Crippen LogP contribution is 2.15. The van der Waals surface area contributed by atoms with E-state index < -0.39 is 6.04 Å². The molecule has 1 aliphatic rings. The van der Waals surface area contributed by atoms with Gasteiger partial charge < -0.3 is 20.4 Å². The van der Waals surface area contributed by atoms with E-state index in [0.717, 1.165) is 49.7 Å². The van der Waals surface area contributed by atoms with Crippen LogP contribution in [0.4, 0.5) is 5.82 Å². The Hall–Kier alpha value is -1.58. The molecule has 0 spiro atoms. The SMILES string of the molecule is CCN1CCN(c2ccc(CNC(=O)C(NC)c3cnn(C)c3)cn2)CC1.Cl.Cl.Cl. The van der Waals surface area contributed by atoms with Gasteiger partial charge in [-0.3, -0.25) is 9.48 Å². The summed E-state index contributed by atoms with van der Waals surface area (Å²) in [5, 5.41) is 10.1. The summed E-state index contributed by atoms with van der Waals surface area (Å²) >= 11 is 0. The van der Waals surface area contributed by atoms with E-state index in [1.807, 2.05) is 31.6 Å². The number of hydrogen-bond donors (Lipinski definition) is 2. The number of nitrogens with zero attached hydrogens (tertiary/aromatic N) is 5. The van der Waals surface area contributed by atoms with Crippen LogP contribution in [-0.2, 0) is 18.4 Å². The van der Waals surface area contributed by atoms with Crippen molar-refractivity contribution in [3.05, 3.63) is 41.9 Å². The number of hydrogen-bond acceptors (Lipinski definition) is 6. The minimum Gasteiger partial charge on any atom is -0.354 e. The molecule has 1 atom stereocenters. The van der Waals surface area contributed by atoms with Gasteiger partial charge in [0.2, 0.25) is 5.91 Å². The van der Waals surface area contributed by atoms with Gasteiger partial charge in [-0.25, -0.2) is 4.98 Å². The lowest BCUT2D eigenvalue weighted by atomic mass is 10.1. The Kier molecular flexibility index (Phi) is 12.9. The van der Waals surface area contributed by atoms with E-state index in [4.69, 9.17) is 0 Å². The van der Waals surface area contributed by atoms with Crippen LogP contribution >= 0.6 is 37.2 Å². The maximum Gasteiger partial charge on any atom is 0.242 e. The number of likely N-dealkylation sites (N-methyl/N-ethyl adjacent to an activating group) is 2. The van der Waals surface area contributed by atoms with Gasteiger partial charge in [0.25, 0.3) is 0 Å². The molecular weight excluding hydrogens is 449 g/mol. The second-order valence-corrected chi connectivity index (χ2v) is 6.83. The fraction of sp³-hybridized carbons (Fsp3) is 0.526. The van der Waals surface area contributed by atoms with Crippen LogP contribution in [0.15, 0.2) is 30.7 Å². The van der Waals surface area contributed by atoms with Gasteiger partial charge in [0, 0.05) is 57.7 Å². The van der Waals surface area contributed by atoms with Gasteiger partial charge >= 0.3 is 0 Å². The van der Waals surface area contributed by atoms with Crippen molar-refractivity contribution in [2.45, 2.75) is 19.5 Å². The van der Waals surface area contributed by atoms with Gasteiger partial charge in [0.15, 0.2) is 0 Å². The molecular formula is C19H32Cl3N7O. The summed E-state index contributed by atoms with van der Waals surface area (Å²) in [6, 6.07) is 3.66. The Morgan fingerprint density at radius 3 is 2.33 bits per heavy atom. The smallest absolute Gasteiger partial charge is 0.242 e. The zero-order valence-corrected chi connectivity index (χ0v) is 20.0. The van der Waals surface area contributed by atoms with E-state index in [1.165, 1.54) is 0 Å². The normalized spacial score (nSPS) is 14.7. The molecule has 0 aromatic carbocycles. The molecule has 11 heteroatoms. The van der Waals surface area contributed by atoms with E-state index in [1.54, 1.807) is 17.9 Å². The van der Waals surface area contributed by atoms with Crippen LogP contribution in [0.2, 0.25) is 0 Å². The minimum atomic E-state index is -0.416. The number of halogens is 3. The molecule has 3 rings (SSSR count). The number of aryl methyl sites for hydroxylation is 1. The first-order valence-electron chi connectivity index (χ1n) is 9.46. The van der Waals surface area contributed by atoms with Crippen LogP contribution in [0.3, 0.4) is 0 Å². The Morgan fingerprint density at radius 2 is 1.83 bits per heavy atom. The summed E-state index contributed by atoms with van der Waals surface area (Å²) < 4.78 is 1.69. The second kappa shape index (κ2) is 13.7. The zero-order chi connectivity index (χ0) is 19.2. The molecule has 0 bridgehead atoms. The second-order valence-electron chi connectivity index (χ2n) is 6.83. The largest absolute Gasteiger partial charge is 0.354 e. The topological polar surface area (TPSA) is 78.3 Å². The molecule has 2 aromatic rings. The van der Waals surface area contributed by atoms with E-state index >= 15 is 0 Å². The quantitative estimate of drug-likeness (QED) is 0.629. The monoisotopic (exact) mass is 479 g/mol. The molecule has 0 aliphatic carbocycles. The molecule has 0 radical (unpaired) electrons. The number of carbonyl (C=O) groups is 1. The zero-order valence-electron chi connectivity index (χ0n) is 17.6. The molecule has 0 saturated carbocycles. The lowest BCUT2D eigenvalue weighted by molar-refractivity contribution is -0.123. The number of aromatic nitrogens is 3. The third-order valence-corrected chi connectivity index (χ3v) is 5.03. The van der Waals surface area contributed by atoms with Crippen molar-refractivity contribution in [3.63, 3.8) is 0 Å². The van der Waals surface area contributed by atoms with Crippen LogP contribution in [0, 0.1) is 0 Å². The number of carbonyl (C=O) groups excluding carboxylic acids is 1. The predicted octanol–water partition coefficient (Wildman–Crippen LogP) is 1.80. The van der Waals surface area contributed by atoms with Gasteiger partial charge in [0.05, 0.1) is 6.20 Å². The van der Waals surface area contributed by atoms with E-state index in [2.05, 4.69) is 37.4 Å². The Bertz CT molecular complexity index is 749. The molecule has 1 fully saturated rings. The molecule has 1 aliphatic heterocycles. The summed E-state index contributed by atoms with van der Waals surface area (Å²) in [6.45, 7) is 7.92.